The number of rotatable bonds is 5. The topological polar surface area (TPSA) is 92.5 Å². The first-order chi connectivity index (χ1) is 12.0. The Morgan fingerprint density at radius 1 is 1.12 bits per heavy atom. The Hall–Kier alpha value is -2.86. The molecule has 2 atom stereocenters. The Morgan fingerprint density at radius 3 is 2.36 bits per heavy atom. The molecule has 4 amide bonds. The maximum atomic E-state index is 12.5. The van der Waals surface area contributed by atoms with Crippen molar-refractivity contribution in [1.29, 1.82) is 0 Å². The van der Waals surface area contributed by atoms with Crippen LogP contribution in [0, 0.1) is 0 Å². The molecule has 1 aliphatic heterocycles. The van der Waals surface area contributed by atoms with Crippen LogP contribution in [0.2, 0.25) is 5.02 Å². The van der Waals surface area contributed by atoms with Crippen molar-refractivity contribution >= 4 is 35.1 Å². The van der Waals surface area contributed by atoms with Gasteiger partial charge in [0.15, 0.2) is 0 Å². The van der Waals surface area contributed by atoms with E-state index in [1.807, 2.05) is 6.07 Å². The van der Waals surface area contributed by atoms with Crippen molar-refractivity contribution in [3.05, 3.63) is 65.2 Å². The van der Waals surface area contributed by atoms with Gasteiger partial charge in [0.05, 0.1) is 0 Å². The van der Waals surface area contributed by atoms with Gasteiger partial charge in [-0.1, -0.05) is 41.9 Å². The molecule has 7 heteroatoms. The summed E-state index contributed by atoms with van der Waals surface area (Å²) in [5.41, 5.74) is 6.67. The van der Waals surface area contributed by atoms with E-state index in [1.165, 1.54) is 4.90 Å². The summed E-state index contributed by atoms with van der Waals surface area (Å²) in [6.07, 6.45) is -0.0731. The smallest absolute Gasteiger partial charge is 0.329 e. The Labute approximate surface area is 149 Å². The minimum absolute atomic E-state index is 0.0731. The highest BCUT2D eigenvalue weighted by Gasteiger charge is 2.45. The molecule has 1 saturated heterocycles. The number of carbonyl (C=O) groups excluding carboxylic acids is 3. The van der Waals surface area contributed by atoms with E-state index < -0.39 is 29.8 Å². The van der Waals surface area contributed by atoms with Crippen LogP contribution in [0.4, 0.5) is 10.5 Å². The molecule has 128 valence electrons. The van der Waals surface area contributed by atoms with E-state index in [1.54, 1.807) is 48.5 Å². The molecule has 1 heterocycles. The van der Waals surface area contributed by atoms with Crippen molar-refractivity contribution in [3.63, 3.8) is 0 Å². The number of nitrogens with two attached hydrogens (primary N) is 1. The van der Waals surface area contributed by atoms with Gasteiger partial charge in [-0.05, 0) is 29.8 Å². The van der Waals surface area contributed by atoms with E-state index in [2.05, 4.69) is 5.32 Å². The van der Waals surface area contributed by atoms with Gasteiger partial charge in [-0.25, -0.2) is 4.79 Å². The Balaban J connectivity index is 2.05. The van der Waals surface area contributed by atoms with Gasteiger partial charge in [-0.2, -0.15) is 0 Å². The highest BCUT2D eigenvalue weighted by molar-refractivity contribution is 6.30. The van der Waals surface area contributed by atoms with Crippen LogP contribution in [0.1, 0.15) is 17.9 Å². The van der Waals surface area contributed by atoms with Crippen LogP contribution < -0.4 is 16.0 Å². The number of urea groups is 1. The SMILES string of the molecule is NC(=O)CC(c1ccc(Cl)cc1)C1C(=O)NC(=O)N1c1ccccc1. The van der Waals surface area contributed by atoms with Crippen molar-refractivity contribution in [2.75, 3.05) is 4.90 Å². The third-order valence-electron chi connectivity index (χ3n) is 4.13. The van der Waals surface area contributed by atoms with E-state index in [0.717, 1.165) is 0 Å². The number of nitrogens with one attached hydrogen (secondary N) is 1. The number of imide groups is 1. The molecule has 0 bridgehead atoms. The van der Waals surface area contributed by atoms with E-state index in [9.17, 15) is 14.4 Å². The lowest BCUT2D eigenvalue weighted by molar-refractivity contribution is -0.121. The first-order valence-corrected chi connectivity index (χ1v) is 8.08. The monoisotopic (exact) mass is 357 g/mol. The summed E-state index contributed by atoms with van der Waals surface area (Å²) in [7, 11) is 0. The van der Waals surface area contributed by atoms with Gasteiger partial charge < -0.3 is 5.73 Å². The fourth-order valence-corrected chi connectivity index (χ4v) is 3.18. The maximum Gasteiger partial charge on any atom is 0.329 e. The van der Waals surface area contributed by atoms with Crippen LogP contribution in [0.3, 0.4) is 0 Å². The lowest BCUT2D eigenvalue weighted by Gasteiger charge is -2.29. The van der Waals surface area contributed by atoms with Gasteiger partial charge in [0.2, 0.25) is 5.91 Å². The Bertz CT molecular complexity index is 808. The second kappa shape index (κ2) is 6.94. The van der Waals surface area contributed by atoms with E-state index >= 15 is 0 Å². The molecular weight excluding hydrogens is 342 g/mol. The molecule has 3 rings (SSSR count). The van der Waals surface area contributed by atoms with Crippen LogP contribution in [-0.2, 0) is 9.59 Å². The number of halogens is 1. The molecular formula is C18H16ClN3O3. The van der Waals surface area contributed by atoms with Crippen LogP contribution in [0.25, 0.3) is 0 Å². The largest absolute Gasteiger partial charge is 0.370 e. The van der Waals surface area contributed by atoms with Gasteiger partial charge in [0.1, 0.15) is 6.04 Å². The normalized spacial score (nSPS) is 18.1. The molecule has 2 aromatic carbocycles. The number of anilines is 1. The van der Waals surface area contributed by atoms with Gasteiger partial charge in [0, 0.05) is 23.0 Å². The lowest BCUT2D eigenvalue weighted by Crippen LogP contribution is -2.41. The number of benzene rings is 2. The van der Waals surface area contributed by atoms with Gasteiger partial charge in [0.25, 0.3) is 5.91 Å². The predicted octanol–water partition coefficient (Wildman–Crippen LogP) is 2.42. The number of hydrogen-bond donors (Lipinski definition) is 2. The first-order valence-electron chi connectivity index (χ1n) is 7.70. The van der Waals surface area contributed by atoms with Crippen LogP contribution in [0.5, 0.6) is 0 Å². The molecule has 0 saturated carbocycles. The molecule has 3 N–H and O–H groups in total. The Morgan fingerprint density at radius 2 is 1.76 bits per heavy atom. The standard InChI is InChI=1S/C18H16ClN3O3/c19-12-8-6-11(7-9-12)14(10-15(20)23)16-17(24)21-18(25)22(16)13-4-2-1-3-5-13/h1-9,14,16H,10H2,(H2,20,23)(H,21,24,25). The third-order valence-corrected chi connectivity index (χ3v) is 4.38. The zero-order chi connectivity index (χ0) is 18.0. The summed E-state index contributed by atoms with van der Waals surface area (Å²) in [5, 5.41) is 2.86. The highest BCUT2D eigenvalue weighted by Crippen LogP contribution is 2.33. The molecule has 6 nitrogen and oxygen atoms in total. The summed E-state index contributed by atoms with van der Waals surface area (Å²) in [6.45, 7) is 0. The minimum Gasteiger partial charge on any atom is -0.370 e. The number of primary amides is 1. The molecule has 25 heavy (non-hydrogen) atoms. The fraction of sp³-hybridized carbons (Fsp3) is 0.167. The van der Waals surface area contributed by atoms with Gasteiger partial charge in [-0.3, -0.25) is 19.8 Å². The highest BCUT2D eigenvalue weighted by atomic mass is 35.5. The van der Waals surface area contributed by atoms with Gasteiger partial charge in [-0.15, -0.1) is 0 Å². The number of hydrogen-bond acceptors (Lipinski definition) is 3. The maximum absolute atomic E-state index is 12.5. The Kier molecular flexibility index (Phi) is 4.72. The second-order valence-electron chi connectivity index (χ2n) is 5.77. The molecule has 0 aromatic heterocycles. The third kappa shape index (κ3) is 3.49. The molecule has 0 aliphatic carbocycles. The van der Waals surface area contributed by atoms with Crippen molar-refractivity contribution in [2.24, 2.45) is 5.73 Å². The number of para-hydroxylation sites is 1. The van der Waals surface area contributed by atoms with E-state index in [0.29, 0.717) is 16.3 Å². The molecule has 2 unspecified atom stereocenters. The van der Waals surface area contributed by atoms with E-state index in [-0.39, 0.29) is 6.42 Å². The molecule has 1 aliphatic rings. The zero-order valence-corrected chi connectivity index (χ0v) is 13.9. The van der Waals surface area contributed by atoms with Crippen molar-refractivity contribution in [3.8, 4) is 0 Å². The zero-order valence-electron chi connectivity index (χ0n) is 13.2. The predicted molar refractivity (Wildman–Crippen MR) is 94.3 cm³/mol. The first kappa shape index (κ1) is 17.0. The summed E-state index contributed by atoms with van der Waals surface area (Å²) in [4.78, 5) is 37.8. The van der Waals surface area contributed by atoms with Crippen molar-refractivity contribution < 1.29 is 14.4 Å². The fourth-order valence-electron chi connectivity index (χ4n) is 3.05. The number of nitrogens with zero attached hydrogens (tertiary/aromatic N) is 1. The van der Waals surface area contributed by atoms with Crippen molar-refractivity contribution in [2.45, 2.75) is 18.4 Å². The molecule has 0 spiro atoms. The molecule has 2 aromatic rings. The minimum atomic E-state index is -0.872. The van der Waals surface area contributed by atoms with Crippen molar-refractivity contribution in [1.82, 2.24) is 5.32 Å². The molecule has 0 radical (unpaired) electrons. The lowest BCUT2D eigenvalue weighted by atomic mass is 9.87. The van der Waals surface area contributed by atoms with Crippen LogP contribution in [-0.4, -0.2) is 23.9 Å². The van der Waals surface area contributed by atoms with Gasteiger partial charge >= 0.3 is 6.03 Å². The number of amides is 4. The van der Waals surface area contributed by atoms with Crippen LogP contribution in [0.15, 0.2) is 54.6 Å². The average molecular weight is 358 g/mol. The number of carbonyl (C=O) groups is 3. The quantitative estimate of drug-likeness (QED) is 0.805. The second-order valence-corrected chi connectivity index (χ2v) is 6.21. The summed E-state index contributed by atoms with van der Waals surface area (Å²) < 4.78 is 0. The summed E-state index contributed by atoms with van der Waals surface area (Å²) in [6, 6.07) is 14.2. The molecule has 1 fully saturated rings. The summed E-state index contributed by atoms with van der Waals surface area (Å²) in [5.74, 6) is -1.60. The van der Waals surface area contributed by atoms with Crippen LogP contribution >= 0.6 is 11.6 Å². The summed E-state index contributed by atoms with van der Waals surface area (Å²) >= 11 is 5.92. The van der Waals surface area contributed by atoms with E-state index in [4.69, 9.17) is 17.3 Å². The average Bonchev–Trinajstić information content (AvgIpc) is 2.88.